The predicted octanol–water partition coefficient (Wildman–Crippen LogP) is 2.41. The van der Waals surface area contributed by atoms with Gasteiger partial charge in [0.15, 0.2) is 0 Å². The monoisotopic (exact) mass is 201 g/mol. The molecule has 78 valence electrons. The Balaban J connectivity index is 1.89. The molecule has 0 aromatic carbocycles. The van der Waals surface area contributed by atoms with Gasteiger partial charge in [0, 0.05) is 6.54 Å². The van der Waals surface area contributed by atoms with Gasteiger partial charge in [0.1, 0.15) is 17.6 Å². The molecule has 0 radical (unpaired) electrons. The standard InChI is InChI=1S/C12H15N3/c1-9(10-5-6-10)8-14-12-4-2-3-11(7-13)15-12/h2-4,9-10H,5-6,8H2,1H3,(H,14,15). The molecule has 1 heterocycles. The molecule has 1 aliphatic rings. The number of nitrogens with zero attached hydrogens (tertiary/aromatic N) is 2. The summed E-state index contributed by atoms with van der Waals surface area (Å²) in [5.74, 6) is 2.41. The fraction of sp³-hybridized carbons (Fsp3) is 0.500. The van der Waals surface area contributed by atoms with Crippen LogP contribution in [-0.2, 0) is 0 Å². The van der Waals surface area contributed by atoms with Crippen LogP contribution < -0.4 is 5.32 Å². The van der Waals surface area contributed by atoms with E-state index in [1.165, 1.54) is 12.8 Å². The highest BCUT2D eigenvalue weighted by atomic mass is 15.0. The quantitative estimate of drug-likeness (QED) is 0.813. The van der Waals surface area contributed by atoms with Gasteiger partial charge in [-0.2, -0.15) is 5.26 Å². The first-order valence-corrected chi connectivity index (χ1v) is 5.40. The normalized spacial score (nSPS) is 16.8. The van der Waals surface area contributed by atoms with Gasteiger partial charge in [-0.3, -0.25) is 0 Å². The number of anilines is 1. The maximum Gasteiger partial charge on any atom is 0.142 e. The Morgan fingerprint density at radius 3 is 3.07 bits per heavy atom. The van der Waals surface area contributed by atoms with Crippen molar-refractivity contribution in [2.75, 3.05) is 11.9 Å². The Morgan fingerprint density at radius 2 is 2.40 bits per heavy atom. The summed E-state index contributed by atoms with van der Waals surface area (Å²) in [6.07, 6.45) is 2.74. The lowest BCUT2D eigenvalue weighted by Gasteiger charge is -2.11. The molecular formula is C12H15N3. The second kappa shape index (κ2) is 4.31. The zero-order chi connectivity index (χ0) is 10.7. The zero-order valence-corrected chi connectivity index (χ0v) is 8.90. The molecule has 2 rings (SSSR count). The van der Waals surface area contributed by atoms with Crippen molar-refractivity contribution in [2.24, 2.45) is 11.8 Å². The van der Waals surface area contributed by atoms with Gasteiger partial charge in [-0.1, -0.05) is 13.0 Å². The van der Waals surface area contributed by atoms with E-state index < -0.39 is 0 Å². The molecule has 1 aromatic rings. The Morgan fingerprint density at radius 1 is 1.60 bits per heavy atom. The number of nitriles is 1. The first-order valence-electron chi connectivity index (χ1n) is 5.40. The number of aromatic nitrogens is 1. The SMILES string of the molecule is CC(CNc1cccc(C#N)n1)C1CC1. The van der Waals surface area contributed by atoms with Gasteiger partial charge in [-0.25, -0.2) is 4.98 Å². The highest BCUT2D eigenvalue weighted by Crippen LogP contribution is 2.36. The zero-order valence-electron chi connectivity index (χ0n) is 8.90. The van der Waals surface area contributed by atoms with Crippen LogP contribution in [0.4, 0.5) is 5.82 Å². The molecular weight excluding hydrogens is 186 g/mol. The van der Waals surface area contributed by atoms with Gasteiger partial charge in [0.2, 0.25) is 0 Å². The second-order valence-corrected chi connectivity index (χ2v) is 4.22. The molecule has 3 heteroatoms. The third-order valence-corrected chi connectivity index (χ3v) is 2.90. The van der Waals surface area contributed by atoms with E-state index in [4.69, 9.17) is 5.26 Å². The molecule has 1 aliphatic carbocycles. The van der Waals surface area contributed by atoms with Crippen molar-refractivity contribution in [2.45, 2.75) is 19.8 Å². The van der Waals surface area contributed by atoms with Crippen LogP contribution in [0.3, 0.4) is 0 Å². The van der Waals surface area contributed by atoms with Crippen LogP contribution >= 0.6 is 0 Å². The summed E-state index contributed by atoms with van der Waals surface area (Å²) in [6.45, 7) is 3.21. The molecule has 1 saturated carbocycles. The lowest BCUT2D eigenvalue weighted by molar-refractivity contribution is 0.536. The van der Waals surface area contributed by atoms with Crippen LogP contribution in [-0.4, -0.2) is 11.5 Å². The third-order valence-electron chi connectivity index (χ3n) is 2.90. The van der Waals surface area contributed by atoms with Crippen LogP contribution in [0, 0.1) is 23.2 Å². The van der Waals surface area contributed by atoms with Gasteiger partial charge in [-0.05, 0) is 36.8 Å². The van der Waals surface area contributed by atoms with E-state index in [0.29, 0.717) is 11.6 Å². The summed E-state index contributed by atoms with van der Waals surface area (Å²) in [5.41, 5.74) is 0.471. The average molecular weight is 201 g/mol. The fourth-order valence-electron chi connectivity index (χ4n) is 1.69. The van der Waals surface area contributed by atoms with Crippen molar-refractivity contribution in [1.29, 1.82) is 5.26 Å². The molecule has 1 unspecified atom stereocenters. The minimum Gasteiger partial charge on any atom is -0.370 e. The minimum absolute atomic E-state index is 0.471. The molecule has 1 aromatic heterocycles. The van der Waals surface area contributed by atoms with Gasteiger partial charge >= 0.3 is 0 Å². The van der Waals surface area contributed by atoms with Gasteiger partial charge in [0.25, 0.3) is 0 Å². The minimum atomic E-state index is 0.471. The summed E-state index contributed by atoms with van der Waals surface area (Å²) >= 11 is 0. The van der Waals surface area contributed by atoms with Gasteiger partial charge in [-0.15, -0.1) is 0 Å². The van der Waals surface area contributed by atoms with Crippen molar-refractivity contribution >= 4 is 5.82 Å². The van der Waals surface area contributed by atoms with Crippen LogP contribution in [0.25, 0.3) is 0 Å². The molecule has 0 saturated heterocycles. The number of hydrogen-bond donors (Lipinski definition) is 1. The molecule has 0 aliphatic heterocycles. The smallest absolute Gasteiger partial charge is 0.142 e. The van der Waals surface area contributed by atoms with Crippen LogP contribution in [0.1, 0.15) is 25.5 Å². The summed E-state index contributed by atoms with van der Waals surface area (Å²) in [5, 5.41) is 12.0. The van der Waals surface area contributed by atoms with Crippen molar-refractivity contribution < 1.29 is 0 Å². The molecule has 0 amide bonds. The van der Waals surface area contributed by atoms with Crippen molar-refractivity contribution in [1.82, 2.24) is 4.98 Å². The largest absolute Gasteiger partial charge is 0.370 e. The maximum atomic E-state index is 8.70. The first kappa shape index (κ1) is 9.97. The highest BCUT2D eigenvalue weighted by molar-refractivity contribution is 5.38. The van der Waals surface area contributed by atoms with E-state index in [1.54, 1.807) is 6.07 Å². The van der Waals surface area contributed by atoms with E-state index in [9.17, 15) is 0 Å². The second-order valence-electron chi connectivity index (χ2n) is 4.22. The Labute approximate surface area is 90.1 Å². The van der Waals surface area contributed by atoms with Crippen molar-refractivity contribution in [3.05, 3.63) is 23.9 Å². The molecule has 1 N–H and O–H groups in total. The number of rotatable bonds is 4. The predicted molar refractivity (Wildman–Crippen MR) is 59.3 cm³/mol. The highest BCUT2D eigenvalue weighted by Gasteiger charge is 2.27. The molecule has 1 atom stereocenters. The lowest BCUT2D eigenvalue weighted by atomic mass is 10.1. The Hall–Kier alpha value is -1.56. The summed E-state index contributed by atoms with van der Waals surface area (Å²) in [4.78, 5) is 4.17. The fourth-order valence-corrected chi connectivity index (χ4v) is 1.69. The summed E-state index contributed by atoms with van der Waals surface area (Å²) < 4.78 is 0. The van der Waals surface area contributed by atoms with Crippen molar-refractivity contribution in [3.8, 4) is 6.07 Å². The van der Waals surface area contributed by atoms with E-state index >= 15 is 0 Å². The third kappa shape index (κ3) is 2.69. The van der Waals surface area contributed by atoms with E-state index in [0.717, 1.165) is 18.3 Å². The number of hydrogen-bond acceptors (Lipinski definition) is 3. The van der Waals surface area contributed by atoms with E-state index in [1.807, 2.05) is 18.2 Å². The first-order chi connectivity index (χ1) is 7.29. The molecule has 1 fully saturated rings. The number of nitrogens with one attached hydrogen (secondary N) is 1. The number of pyridine rings is 1. The molecule has 0 bridgehead atoms. The Bertz CT molecular complexity index is 377. The summed E-state index contributed by atoms with van der Waals surface area (Å²) in [7, 11) is 0. The van der Waals surface area contributed by atoms with Crippen LogP contribution in [0.2, 0.25) is 0 Å². The summed E-state index contributed by atoms with van der Waals surface area (Å²) in [6, 6.07) is 7.52. The van der Waals surface area contributed by atoms with Gasteiger partial charge < -0.3 is 5.32 Å². The molecule has 15 heavy (non-hydrogen) atoms. The average Bonchev–Trinajstić information content (AvgIpc) is 3.10. The van der Waals surface area contributed by atoms with Gasteiger partial charge in [0.05, 0.1) is 0 Å². The maximum absolute atomic E-state index is 8.70. The molecule has 3 nitrogen and oxygen atoms in total. The van der Waals surface area contributed by atoms with E-state index in [2.05, 4.69) is 17.2 Å². The topological polar surface area (TPSA) is 48.7 Å². The van der Waals surface area contributed by atoms with E-state index in [-0.39, 0.29) is 0 Å². The van der Waals surface area contributed by atoms with Crippen LogP contribution in [0.15, 0.2) is 18.2 Å². The van der Waals surface area contributed by atoms with Crippen molar-refractivity contribution in [3.63, 3.8) is 0 Å². The lowest BCUT2D eigenvalue weighted by Crippen LogP contribution is -2.13. The molecule has 0 spiro atoms. The Kier molecular flexibility index (Phi) is 2.86. The van der Waals surface area contributed by atoms with Crippen LogP contribution in [0.5, 0.6) is 0 Å².